The lowest BCUT2D eigenvalue weighted by Crippen LogP contribution is -2.12. The quantitative estimate of drug-likeness (QED) is 0.279. The zero-order valence-corrected chi connectivity index (χ0v) is 11.3. The molecule has 2 rings (SSSR count). The molecule has 21 heavy (non-hydrogen) atoms. The lowest BCUT2D eigenvalue weighted by atomic mass is 9.96. The Hall–Kier alpha value is -3.14. The molecule has 0 fully saturated rings. The maximum atomic E-state index is 12.5. The van der Waals surface area contributed by atoms with Gasteiger partial charge in [0.2, 0.25) is 11.6 Å². The smallest absolute Gasteiger partial charge is 0.205 e. The fourth-order valence-electron chi connectivity index (χ4n) is 1.79. The van der Waals surface area contributed by atoms with Crippen molar-refractivity contribution in [3.05, 3.63) is 101 Å². The molecule has 2 aromatic rings. The van der Waals surface area contributed by atoms with E-state index in [9.17, 15) is 9.59 Å². The molecular formula is C19H12O2. The van der Waals surface area contributed by atoms with E-state index in [2.05, 4.69) is 23.8 Å². The Kier molecular flexibility index (Phi) is 4.66. The SMILES string of the molecule is C=C=C=C=C(C(=O)c1ccccc1)C(=O)c1ccccc1. The topological polar surface area (TPSA) is 34.1 Å². The zero-order chi connectivity index (χ0) is 15.1. The Morgan fingerprint density at radius 1 is 0.762 bits per heavy atom. The Bertz CT molecular complexity index is 728. The van der Waals surface area contributed by atoms with Crippen molar-refractivity contribution in [3.63, 3.8) is 0 Å². The van der Waals surface area contributed by atoms with Crippen LogP contribution in [0.5, 0.6) is 0 Å². The monoisotopic (exact) mass is 272 g/mol. The number of hydrogen-bond acceptors (Lipinski definition) is 2. The molecule has 2 heteroatoms. The van der Waals surface area contributed by atoms with Crippen LogP contribution in [0.3, 0.4) is 0 Å². The molecule has 0 aromatic heterocycles. The Balaban J connectivity index is 2.52. The van der Waals surface area contributed by atoms with E-state index >= 15 is 0 Å². The van der Waals surface area contributed by atoms with Crippen molar-refractivity contribution in [1.29, 1.82) is 0 Å². The summed E-state index contributed by atoms with van der Waals surface area (Å²) in [6.45, 7) is 3.36. The predicted molar refractivity (Wildman–Crippen MR) is 81.2 cm³/mol. The van der Waals surface area contributed by atoms with E-state index in [1.54, 1.807) is 60.7 Å². The number of carbonyl (C=O) groups is 2. The van der Waals surface area contributed by atoms with Crippen LogP contribution in [0.4, 0.5) is 0 Å². The average Bonchev–Trinajstić information content (AvgIpc) is 2.56. The van der Waals surface area contributed by atoms with Gasteiger partial charge in [0, 0.05) is 11.1 Å². The minimum Gasteiger partial charge on any atom is -0.288 e. The highest BCUT2D eigenvalue weighted by Crippen LogP contribution is 2.13. The van der Waals surface area contributed by atoms with E-state index in [4.69, 9.17) is 0 Å². The number of rotatable bonds is 4. The molecule has 100 valence electrons. The van der Waals surface area contributed by atoms with Crippen molar-refractivity contribution in [2.75, 3.05) is 0 Å². The molecule has 0 saturated heterocycles. The van der Waals surface area contributed by atoms with Gasteiger partial charge in [-0.05, 0) is 18.0 Å². The third-order valence-electron chi connectivity index (χ3n) is 2.80. The maximum Gasteiger partial charge on any atom is 0.205 e. The molecule has 0 unspecified atom stereocenters. The molecule has 0 aliphatic rings. The lowest BCUT2D eigenvalue weighted by Gasteiger charge is -2.03. The number of hydrogen-bond donors (Lipinski definition) is 0. The van der Waals surface area contributed by atoms with Gasteiger partial charge in [-0.3, -0.25) is 9.59 Å². The van der Waals surface area contributed by atoms with Crippen LogP contribution in [0, 0.1) is 0 Å². The summed E-state index contributed by atoms with van der Waals surface area (Å²) in [4.78, 5) is 24.9. The van der Waals surface area contributed by atoms with E-state index in [1.165, 1.54) is 0 Å². The summed E-state index contributed by atoms with van der Waals surface area (Å²) < 4.78 is 0. The van der Waals surface area contributed by atoms with Gasteiger partial charge >= 0.3 is 0 Å². The summed E-state index contributed by atoms with van der Waals surface area (Å²) in [7, 11) is 0. The summed E-state index contributed by atoms with van der Waals surface area (Å²) in [5, 5.41) is 0. The van der Waals surface area contributed by atoms with Crippen LogP contribution >= 0.6 is 0 Å². The van der Waals surface area contributed by atoms with Crippen LogP contribution in [0.25, 0.3) is 0 Å². The van der Waals surface area contributed by atoms with Gasteiger partial charge in [0.15, 0.2) is 0 Å². The predicted octanol–water partition coefficient (Wildman–Crippen LogP) is 3.77. The normalized spacial score (nSPS) is 8.95. The highest BCUT2D eigenvalue weighted by molar-refractivity contribution is 6.30. The second-order valence-electron chi connectivity index (χ2n) is 4.19. The van der Waals surface area contributed by atoms with Crippen LogP contribution in [-0.4, -0.2) is 11.6 Å². The van der Waals surface area contributed by atoms with Crippen LogP contribution in [0.2, 0.25) is 0 Å². The van der Waals surface area contributed by atoms with Gasteiger partial charge < -0.3 is 0 Å². The first-order chi connectivity index (χ1) is 10.2. The van der Waals surface area contributed by atoms with Crippen molar-refractivity contribution in [3.8, 4) is 0 Å². The molecule has 0 heterocycles. The Labute approximate surface area is 123 Å². The van der Waals surface area contributed by atoms with E-state index in [-0.39, 0.29) is 5.57 Å². The molecular weight excluding hydrogens is 260 g/mol. The van der Waals surface area contributed by atoms with E-state index in [0.717, 1.165) is 0 Å². The zero-order valence-electron chi connectivity index (χ0n) is 11.3. The second kappa shape index (κ2) is 6.86. The molecule has 0 atom stereocenters. The van der Waals surface area contributed by atoms with Crippen molar-refractivity contribution in [1.82, 2.24) is 0 Å². The van der Waals surface area contributed by atoms with Crippen molar-refractivity contribution in [2.24, 2.45) is 0 Å². The Morgan fingerprint density at radius 3 is 1.57 bits per heavy atom. The highest BCUT2D eigenvalue weighted by atomic mass is 16.1. The largest absolute Gasteiger partial charge is 0.288 e. The molecule has 0 radical (unpaired) electrons. The third-order valence-corrected chi connectivity index (χ3v) is 2.80. The third kappa shape index (κ3) is 3.45. The van der Waals surface area contributed by atoms with Crippen LogP contribution < -0.4 is 0 Å². The first kappa shape index (κ1) is 14.3. The van der Waals surface area contributed by atoms with E-state index in [1.807, 2.05) is 0 Å². The first-order valence-corrected chi connectivity index (χ1v) is 6.33. The van der Waals surface area contributed by atoms with Gasteiger partial charge in [-0.1, -0.05) is 66.4 Å². The van der Waals surface area contributed by atoms with Gasteiger partial charge in [-0.15, -0.1) is 0 Å². The molecule has 2 nitrogen and oxygen atoms in total. The summed E-state index contributed by atoms with van der Waals surface area (Å²) in [6.07, 6.45) is 0. The number of allylic oxidation sites excluding steroid dienone is 1. The van der Waals surface area contributed by atoms with Crippen molar-refractivity contribution < 1.29 is 9.59 Å². The number of carbonyl (C=O) groups excluding carboxylic acids is 2. The fourth-order valence-corrected chi connectivity index (χ4v) is 1.79. The van der Waals surface area contributed by atoms with Crippen LogP contribution in [0.15, 0.2) is 90.0 Å². The van der Waals surface area contributed by atoms with E-state index < -0.39 is 11.6 Å². The number of ketones is 2. The van der Waals surface area contributed by atoms with Crippen molar-refractivity contribution in [2.45, 2.75) is 0 Å². The molecule has 0 bridgehead atoms. The van der Waals surface area contributed by atoms with Gasteiger partial charge in [0.05, 0.1) is 0 Å². The summed E-state index contributed by atoms with van der Waals surface area (Å²) >= 11 is 0. The van der Waals surface area contributed by atoms with E-state index in [0.29, 0.717) is 11.1 Å². The number of Topliss-reactive ketones (excluding diaryl/α,β-unsaturated/α-hetero) is 2. The molecule has 0 saturated carbocycles. The van der Waals surface area contributed by atoms with Crippen LogP contribution in [0.1, 0.15) is 20.7 Å². The molecule has 0 spiro atoms. The van der Waals surface area contributed by atoms with Gasteiger partial charge in [-0.2, -0.15) is 0 Å². The molecule has 0 aliphatic heterocycles. The highest BCUT2D eigenvalue weighted by Gasteiger charge is 2.20. The molecule has 0 amide bonds. The Morgan fingerprint density at radius 2 is 1.19 bits per heavy atom. The minimum atomic E-state index is -0.396. The van der Waals surface area contributed by atoms with Crippen molar-refractivity contribution >= 4 is 11.6 Å². The lowest BCUT2D eigenvalue weighted by molar-refractivity contribution is 0.0963. The average molecular weight is 272 g/mol. The van der Waals surface area contributed by atoms with Gasteiger partial charge in [-0.25, -0.2) is 0 Å². The van der Waals surface area contributed by atoms with Gasteiger partial charge in [0.25, 0.3) is 0 Å². The molecule has 0 aliphatic carbocycles. The van der Waals surface area contributed by atoms with Crippen LogP contribution in [-0.2, 0) is 0 Å². The summed E-state index contributed by atoms with van der Waals surface area (Å²) in [5.41, 5.74) is 8.17. The maximum absolute atomic E-state index is 12.5. The summed E-state index contributed by atoms with van der Waals surface area (Å²) in [5.74, 6) is -0.792. The fraction of sp³-hybridized carbons (Fsp3) is 0. The van der Waals surface area contributed by atoms with Gasteiger partial charge in [0.1, 0.15) is 5.57 Å². The summed E-state index contributed by atoms with van der Waals surface area (Å²) in [6, 6.07) is 17.2. The molecule has 2 aromatic carbocycles. The number of benzene rings is 2. The minimum absolute atomic E-state index is 0.0800. The first-order valence-electron chi connectivity index (χ1n) is 6.33. The molecule has 0 N–H and O–H groups in total. The second-order valence-corrected chi connectivity index (χ2v) is 4.19. The standard InChI is InChI=1S/C19H12O2/c1-2-3-14-17(18(20)15-10-6-4-7-11-15)19(21)16-12-8-5-9-13-16/h4-13H,1H2.